The lowest BCUT2D eigenvalue weighted by atomic mass is 9.81. The van der Waals surface area contributed by atoms with E-state index >= 15 is 0 Å². The van der Waals surface area contributed by atoms with Crippen LogP contribution in [-0.4, -0.2) is 11.2 Å². The zero-order chi connectivity index (χ0) is 12.5. The topological polar surface area (TPSA) is 20.2 Å². The van der Waals surface area contributed by atoms with Crippen molar-refractivity contribution in [3.05, 3.63) is 35.4 Å². The van der Waals surface area contributed by atoms with Crippen molar-refractivity contribution >= 4 is 0 Å². The fraction of sp³-hybridized carbons (Fsp3) is 0.538. The summed E-state index contributed by atoms with van der Waals surface area (Å²) in [6.45, 7) is 0. The first kappa shape index (κ1) is 12.4. The second-order valence-corrected chi connectivity index (χ2v) is 4.58. The van der Waals surface area contributed by atoms with E-state index in [9.17, 15) is 18.3 Å². The molecule has 0 heterocycles. The molecule has 0 amide bonds. The summed E-state index contributed by atoms with van der Waals surface area (Å²) in [7, 11) is 0. The highest BCUT2D eigenvalue weighted by atomic mass is 19.4. The van der Waals surface area contributed by atoms with E-state index in [2.05, 4.69) is 0 Å². The predicted octanol–water partition coefficient (Wildman–Crippen LogP) is 3.72. The molecule has 2 rings (SSSR count). The van der Waals surface area contributed by atoms with Gasteiger partial charge in [-0.25, -0.2) is 0 Å². The molecule has 17 heavy (non-hydrogen) atoms. The molecule has 94 valence electrons. The van der Waals surface area contributed by atoms with E-state index in [0.29, 0.717) is 0 Å². The van der Waals surface area contributed by atoms with Crippen LogP contribution in [0.25, 0.3) is 0 Å². The molecule has 1 N–H and O–H groups in total. The Morgan fingerprint density at radius 3 is 2.12 bits per heavy atom. The molecule has 1 aliphatic rings. The minimum Gasteiger partial charge on any atom is -0.392 e. The van der Waals surface area contributed by atoms with Crippen LogP contribution in [0.5, 0.6) is 0 Å². The molecule has 0 aliphatic heterocycles. The van der Waals surface area contributed by atoms with E-state index in [1.165, 1.54) is 12.1 Å². The number of aliphatic hydroxyl groups is 1. The second kappa shape index (κ2) is 4.69. The van der Waals surface area contributed by atoms with Crippen LogP contribution < -0.4 is 0 Å². The van der Waals surface area contributed by atoms with Crippen LogP contribution in [0.2, 0.25) is 0 Å². The Labute approximate surface area is 98.3 Å². The zero-order valence-corrected chi connectivity index (χ0v) is 9.37. The summed E-state index contributed by atoms with van der Waals surface area (Å²) in [4.78, 5) is 0. The summed E-state index contributed by atoms with van der Waals surface area (Å²) in [5, 5.41) is 9.83. The van der Waals surface area contributed by atoms with Crippen molar-refractivity contribution in [3.8, 4) is 0 Å². The SMILES string of the molecule is O[C@H]1CCCC[C@H]1c1ccc(C(F)(F)F)cc1. The molecule has 0 saturated heterocycles. The van der Waals surface area contributed by atoms with Crippen LogP contribution in [0.4, 0.5) is 13.2 Å². The molecule has 1 aromatic rings. The van der Waals surface area contributed by atoms with E-state index in [1.54, 1.807) is 0 Å². The summed E-state index contributed by atoms with van der Waals surface area (Å²) in [6, 6.07) is 5.16. The van der Waals surface area contributed by atoms with Gasteiger partial charge in [-0.3, -0.25) is 0 Å². The van der Waals surface area contributed by atoms with Crippen molar-refractivity contribution in [2.45, 2.75) is 43.9 Å². The van der Waals surface area contributed by atoms with Gasteiger partial charge in [-0.05, 0) is 30.5 Å². The monoisotopic (exact) mass is 244 g/mol. The number of rotatable bonds is 1. The van der Waals surface area contributed by atoms with E-state index in [1.807, 2.05) is 0 Å². The van der Waals surface area contributed by atoms with E-state index in [-0.39, 0.29) is 5.92 Å². The smallest absolute Gasteiger partial charge is 0.392 e. The number of halogens is 3. The van der Waals surface area contributed by atoms with Crippen molar-refractivity contribution in [1.29, 1.82) is 0 Å². The molecular formula is C13H15F3O. The molecule has 1 nitrogen and oxygen atoms in total. The molecule has 0 radical (unpaired) electrons. The fourth-order valence-electron chi connectivity index (χ4n) is 2.42. The molecule has 1 saturated carbocycles. The Bertz CT molecular complexity index is 369. The van der Waals surface area contributed by atoms with Crippen LogP contribution in [-0.2, 0) is 6.18 Å². The fourth-order valence-corrected chi connectivity index (χ4v) is 2.42. The van der Waals surface area contributed by atoms with Gasteiger partial charge >= 0.3 is 6.18 Å². The average molecular weight is 244 g/mol. The normalized spacial score (nSPS) is 25.9. The summed E-state index contributed by atoms with van der Waals surface area (Å²) in [6.07, 6.45) is -1.08. The quantitative estimate of drug-likeness (QED) is 0.798. The van der Waals surface area contributed by atoms with Gasteiger partial charge < -0.3 is 5.11 Å². The third kappa shape index (κ3) is 2.80. The third-order valence-electron chi connectivity index (χ3n) is 3.40. The van der Waals surface area contributed by atoms with E-state index < -0.39 is 17.8 Å². The maximum atomic E-state index is 12.4. The van der Waals surface area contributed by atoms with Crippen LogP contribution in [0.3, 0.4) is 0 Å². The Balaban J connectivity index is 2.17. The third-order valence-corrected chi connectivity index (χ3v) is 3.40. The molecule has 0 unspecified atom stereocenters. The summed E-state index contributed by atoms with van der Waals surface area (Å²) in [5.41, 5.74) is 0.178. The first-order valence-electron chi connectivity index (χ1n) is 5.84. The van der Waals surface area contributed by atoms with Gasteiger partial charge in [-0.2, -0.15) is 13.2 Å². The molecule has 0 bridgehead atoms. The van der Waals surface area contributed by atoms with Crippen molar-refractivity contribution in [1.82, 2.24) is 0 Å². The summed E-state index contributed by atoms with van der Waals surface area (Å²) < 4.78 is 37.2. The number of hydrogen-bond donors (Lipinski definition) is 1. The minimum atomic E-state index is -4.29. The van der Waals surface area contributed by atoms with E-state index in [4.69, 9.17) is 0 Å². The van der Waals surface area contributed by atoms with Gasteiger partial charge in [-0.1, -0.05) is 25.0 Å². The molecule has 0 spiro atoms. The number of aliphatic hydroxyl groups excluding tert-OH is 1. The zero-order valence-electron chi connectivity index (χ0n) is 9.37. The second-order valence-electron chi connectivity index (χ2n) is 4.58. The van der Waals surface area contributed by atoms with Gasteiger partial charge in [0.1, 0.15) is 0 Å². The highest BCUT2D eigenvalue weighted by Gasteiger charge is 2.31. The Morgan fingerprint density at radius 1 is 1.00 bits per heavy atom. The molecule has 2 atom stereocenters. The molecule has 4 heteroatoms. The van der Waals surface area contributed by atoms with Gasteiger partial charge in [0.25, 0.3) is 0 Å². The van der Waals surface area contributed by atoms with Crippen LogP contribution in [0, 0.1) is 0 Å². The molecule has 1 aliphatic carbocycles. The van der Waals surface area contributed by atoms with Crippen LogP contribution in [0.15, 0.2) is 24.3 Å². The lowest BCUT2D eigenvalue weighted by molar-refractivity contribution is -0.137. The summed E-state index contributed by atoms with van der Waals surface area (Å²) >= 11 is 0. The van der Waals surface area contributed by atoms with Gasteiger partial charge in [0.2, 0.25) is 0 Å². The van der Waals surface area contributed by atoms with Crippen molar-refractivity contribution in [2.24, 2.45) is 0 Å². The lowest BCUT2D eigenvalue weighted by Crippen LogP contribution is -2.22. The Hall–Kier alpha value is -1.03. The molecule has 1 aromatic carbocycles. The van der Waals surface area contributed by atoms with Crippen molar-refractivity contribution in [2.75, 3.05) is 0 Å². The Morgan fingerprint density at radius 2 is 1.59 bits per heavy atom. The van der Waals surface area contributed by atoms with Crippen LogP contribution >= 0.6 is 0 Å². The lowest BCUT2D eigenvalue weighted by Gasteiger charge is -2.28. The minimum absolute atomic E-state index is 0.00830. The van der Waals surface area contributed by atoms with Gasteiger partial charge in [-0.15, -0.1) is 0 Å². The Kier molecular flexibility index (Phi) is 3.43. The predicted molar refractivity (Wildman–Crippen MR) is 58.7 cm³/mol. The molecular weight excluding hydrogens is 229 g/mol. The van der Waals surface area contributed by atoms with Crippen molar-refractivity contribution < 1.29 is 18.3 Å². The standard InChI is InChI=1S/C13H15F3O/c14-13(15,16)10-7-5-9(6-8-10)11-3-1-2-4-12(11)17/h5-8,11-12,17H,1-4H2/t11-,12-/m0/s1. The molecule has 0 aromatic heterocycles. The first-order valence-corrected chi connectivity index (χ1v) is 5.84. The first-order chi connectivity index (χ1) is 7.98. The van der Waals surface area contributed by atoms with Crippen LogP contribution in [0.1, 0.15) is 42.7 Å². The highest BCUT2D eigenvalue weighted by molar-refractivity contribution is 5.28. The van der Waals surface area contributed by atoms with Gasteiger partial charge in [0, 0.05) is 5.92 Å². The van der Waals surface area contributed by atoms with Gasteiger partial charge in [0.15, 0.2) is 0 Å². The molecule has 1 fully saturated rings. The highest BCUT2D eigenvalue weighted by Crippen LogP contribution is 2.35. The maximum Gasteiger partial charge on any atom is 0.416 e. The van der Waals surface area contributed by atoms with Gasteiger partial charge in [0.05, 0.1) is 11.7 Å². The van der Waals surface area contributed by atoms with E-state index in [0.717, 1.165) is 43.4 Å². The number of alkyl halides is 3. The largest absolute Gasteiger partial charge is 0.416 e. The maximum absolute atomic E-state index is 12.4. The average Bonchev–Trinajstić information content (AvgIpc) is 2.29. The summed E-state index contributed by atoms with van der Waals surface area (Å²) in [5.74, 6) is -0.00830. The number of benzene rings is 1. The van der Waals surface area contributed by atoms with Crippen molar-refractivity contribution in [3.63, 3.8) is 0 Å². The number of hydrogen-bond acceptors (Lipinski definition) is 1.